The maximum Gasteiger partial charge on any atom is 0.293 e. The van der Waals surface area contributed by atoms with E-state index in [2.05, 4.69) is 33.0 Å². The van der Waals surface area contributed by atoms with Crippen molar-refractivity contribution in [2.45, 2.75) is 47.5 Å². The molecule has 0 spiro atoms. The minimum Gasteiger partial charge on any atom is -0.467 e. The van der Waals surface area contributed by atoms with Crippen molar-refractivity contribution < 1.29 is 23.1 Å². The highest BCUT2D eigenvalue weighted by molar-refractivity contribution is 5.74. The Morgan fingerprint density at radius 2 is 1.33 bits per heavy atom. The van der Waals surface area contributed by atoms with Crippen molar-refractivity contribution in [1.29, 1.82) is 0 Å². The molecule has 0 amide bonds. The van der Waals surface area contributed by atoms with E-state index in [0.29, 0.717) is 36.8 Å². The summed E-state index contributed by atoms with van der Waals surface area (Å²) in [6, 6.07) is 11.8. The first-order valence-electron chi connectivity index (χ1n) is 11.2. The largest absolute Gasteiger partial charge is 0.467 e. The molecule has 0 fully saturated rings. The second-order valence-corrected chi connectivity index (χ2v) is 9.10. The molecule has 4 nitrogen and oxygen atoms in total. The fourth-order valence-electron chi connectivity index (χ4n) is 3.79. The first kappa shape index (κ1) is 30.4. The van der Waals surface area contributed by atoms with Gasteiger partial charge in [0, 0.05) is 17.5 Å². The molecule has 0 heterocycles. The number of ether oxygens (including phenoxy) is 1. The summed E-state index contributed by atoms with van der Waals surface area (Å²) in [4.78, 5) is 20.4. The van der Waals surface area contributed by atoms with Crippen LogP contribution in [0.3, 0.4) is 0 Å². The Kier molecular flexibility index (Phi) is 15.6. The quantitative estimate of drug-likeness (QED) is 0.425. The van der Waals surface area contributed by atoms with Crippen molar-refractivity contribution in [3.05, 3.63) is 71.3 Å². The number of aldehydes is 1. The summed E-state index contributed by atoms with van der Waals surface area (Å²) < 4.78 is 29.2. The zero-order valence-electron chi connectivity index (χ0n) is 20.7. The van der Waals surface area contributed by atoms with E-state index < -0.39 is 0 Å². The third-order valence-electron chi connectivity index (χ3n) is 4.71. The number of benzene rings is 2. The molecule has 2 rings (SSSR count). The van der Waals surface area contributed by atoms with Crippen molar-refractivity contribution in [2.75, 3.05) is 20.2 Å². The van der Waals surface area contributed by atoms with E-state index in [1.165, 1.54) is 36.4 Å². The Morgan fingerprint density at radius 1 is 0.879 bits per heavy atom. The van der Waals surface area contributed by atoms with Crippen molar-refractivity contribution >= 4 is 12.8 Å². The van der Waals surface area contributed by atoms with Crippen molar-refractivity contribution in [1.82, 2.24) is 5.32 Å². The molecule has 33 heavy (non-hydrogen) atoms. The highest BCUT2D eigenvalue weighted by atomic mass is 19.1. The summed E-state index contributed by atoms with van der Waals surface area (Å²) >= 11 is 0. The van der Waals surface area contributed by atoms with Gasteiger partial charge in [0.1, 0.15) is 17.9 Å². The maximum absolute atomic E-state index is 12.1. The molecular formula is C27H39F2NO3. The van der Waals surface area contributed by atoms with Crippen molar-refractivity contribution in [3.63, 3.8) is 0 Å². The van der Waals surface area contributed by atoms with Gasteiger partial charge in [-0.05, 0) is 75.0 Å². The second-order valence-electron chi connectivity index (χ2n) is 9.10. The maximum atomic E-state index is 12.1. The summed E-state index contributed by atoms with van der Waals surface area (Å²) in [6.07, 6.45) is 2.85. The Morgan fingerprint density at radius 3 is 1.67 bits per heavy atom. The van der Waals surface area contributed by atoms with Crippen molar-refractivity contribution in [3.8, 4) is 0 Å². The van der Waals surface area contributed by atoms with Gasteiger partial charge in [-0.25, -0.2) is 8.78 Å². The smallest absolute Gasteiger partial charge is 0.293 e. The monoisotopic (exact) mass is 463 g/mol. The molecule has 0 radical (unpaired) electrons. The number of carbonyl (C=O) groups is 2. The standard InChI is InChI=1S/C13H27NO2.C7H5FO.C7H7F/c1-11(2)6-13(8-14-5,7-12(3)4)9-16-10-15;8-7-3-1-6(5-9)2-4-7;1-6-2-4-7(8)5-3-6/h10-12,14H,6-9H2,1-5H3;1-5H;2-5H,1H3. The molecule has 1 N–H and O–H groups in total. The van der Waals surface area contributed by atoms with E-state index >= 15 is 0 Å². The summed E-state index contributed by atoms with van der Waals surface area (Å²) in [5.74, 6) is 0.737. The van der Waals surface area contributed by atoms with Crippen molar-refractivity contribution in [2.24, 2.45) is 17.3 Å². The van der Waals surface area contributed by atoms with Crippen LogP contribution in [0, 0.1) is 35.8 Å². The molecule has 6 heteroatoms. The number of hydrogen-bond acceptors (Lipinski definition) is 4. The normalized spacial score (nSPS) is 10.6. The predicted octanol–water partition coefficient (Wildman–Crippen LogP) is 6.23. The minimum atomic E-state index is -0.319. The van der Waals surface area contributed by atoms with Crippen LogP contribution < -0.4 is 5.32 Å². The molecular weight excluding hydrogens is 424 g/mol. The fourth-order valence-corrected chi connectivity index (χ4v) is 3.79. The number of hydrogen-bond donors (Lipinski definition) is 1. The number of rotatable bonds is 10. The summed E-state index contributed by atoms with van der Waals surface area (Å²) in [7, 11) is 1.95. The van der Waals surface area contributed by atoms with E-state index in [0.717, 1.165) is 24.9 Å². The number of aryl methyl sites for hydroxylation is 1. The summed E-state index contributed by atoms with van der Waals surface area (Å²) in [6.45, 7) is 12.8. The van der Waals surface area contributed by atoms with Gasteiger partial charge in [-0.2, -0.15) is 0 Å². The number of nitrogens with one attached hydrogen (secondary N) is 1. The molecule has 0 atom stereocenters. The highest BCUT2D eigenvalue weighted by Crippen LogP contribution is 2.33. The van der Waals surface area contributed by atoms with E-state index in [-0.39, 0.29) is 17.0 Å². The molecule has 2 aromatic rings. The van der Waals surface area contributed by atoms with Crippen LogP contribution in [0.4, 0.5) is 8.78 Å². The van der Waals surface area contributed by atoms with E-state index in [1.807, 2.05) is 14.0 Å². The third-order valence-corrected chi connectivity index (χ3v) is 4.71. The molecule has 0 bridgehead atoms. The molecule has 0 aromatic heterocycles. The van der Waals surface area contributed by atoms with Gasteiger partial charge in [0.2, 0.25) is 0 Å². The van der Waals surface area contributed by atoms with Crippen LogP contribution in [0.1, 0.15) is 56.5 Å². The van der Waals surface area contributed by atoms with Gasteiger partial charge in [-0.15, -0.1) is 0 Å². The topological polar surface area (TPSA) is 55.4 Å². The van der Waals surface area contributed by atoms with Gasteiger partial charge in [-0.3, -0.25) is 9.59 Å². The van der Waals surface area contributed by atoms with Crippen LogP contribution in [0.5, 0.6) is 0 Å². The van der Waals surface area contributed by atoms with Crippen LogP contribution in [0.2, 0.25) is 0 Å². The van der Waals surface area contributed by atoms with Crippen LogP contribution in [0.15, 0.2) is 48.5 Å². The first-order chi connectivity index (χ1) is 15.6. The molecule has 0 aliphatic carbocycles. The van der Waals surface area contributed by atoms with Crippen LogP contribution in [0.25, 0.3) is 0 Å². The van der Waals surface area contributed by atoms with Gasteiger partial charge in [0.05, 0.1) is 6.61 Å². The Bertz CT molecular complexity index is 744. The number of halogens is 2. The molecule has 0 saturated carbocycles. The SMILES string of the molecule is CNCC(COC=O)(CC(C)C)CC(C)C.Cc1ccc(F)cc1.O=Cc1ccc(F)cc1. The van der Waals surface area contributed by atoms with Crippen LogP contribution in [-0.2, 0) is 9.53 Å². The zero-order valence-corrected chi connectivity index (χ0v) is 20.7. The van der Waals surface area contributed by atoms with Crippen LogP contribution in [-0.4, -0.2) is 33.0 Å². The van der Waals surface area contributed by atoms with E-state index in [9.17, 15) is 18.4 Å². The summed E-state index contributed by atoms with van der Waals surface area (Å²) in [5, 5.41) is 3.23. The van der Waals surface area contributed by atoms with Gasteiger partial charge in [-0.1, -0.05) is 45.4 Å². The average molecular weight is 464 g/mol. The fraction of sp³-hybridized carbons (Fsp3) is 0.481. The zero-order chi connectivity index (χ0) is 25.3. The molecule has 0 aliphatic heterocycles. The average Bonchev–Trinajstić information content (AvgIpc) is 2.75. The summed E-state index contributed by atoms with van der Waals surface area (Å²) in [5.41, 5.74) is 1.67. The molecule has 0 aliphatic rings. The van der Waals surface area contributed by atoms with Gasteiger partial charge in [0.25, 0.3) is 6.47 Å². The predicted molar refractivity (Wildman–Crippen MR) is 130 cm³/mol. The van der Waals surface area contributed by atoms with Crippen LogP contribution >= 0.6 is 0 Å². The first-order valence-corrected chi connectivity index (χ1v) is 11.2. The van der Waals surface area contributed by atoms with E-state index in [1.54, 1.807) is 12.1 Å². The van der Waals surface area contributed by atoms with Gasteiger partial charge < -0.3 is 10.1 Å². The molecule has 0 saturated heterocycles. The Hall–Kier alpha value is -2.60. The lowest BCUT2D eigenvalue weighted by atomic mass is 9.74. The lowest BCUT2D eigenvalue weighted by Crippen LogP contribution is -2.39. The number of carbonyl (C=O) groups excluding carboxylic acids is 2. The Balaban J connectivity index is 0.000000505. The lowest BCUT2D eigenvalue weighted by Gasteiger charge is -2.35. The molecule has 184 valence electrons. The Labute approximate surface area is 197 Å². The minimum absolute atomic E-state index is 0.0813. The molecule has 2 aromatic carbocycles. The lowest BCUT2D eigenvalue weighted by molar-refractivity contribution is -0.132. The highest BCUT2D eigenvalue weighted by Gasteiger charge is 2.32. The third kappa shape index (κ3) is 15.0. The van der Waals surface area contributed by atoms with E-state index in [4.69, 9.17) is 4.74 Å². The van der Waals surface area contributed by atoms with Gasteiger partial charge in [0.15, 0.2) is 0 Å². The second kappa shape index (κ2) is 17.0. The molecule has 0 unspecified atom stereocenters. The van der Waals surface area contributed by atoms with Gasteiger partial charge >= 0.3 is 0 Å².